The van der Waals surface area contributed by atoms with Gasteiger partial charge in [-0.1, -0.05) is 48.9 Å². The maximum atomic E-state index is 12.1. The van der Waals surface area contributed by atoms with E-state index in [-0.39, 0.29) is 16.2 Å². The third-order valence-corrected chi connectivity index (χ3v) is 5.50. The van der Waals surface area contributed by atoms with Gasteiger partial charge in [0.15, 0.2) is 0 Å². The zero-order valence-corrected chi connectivity index (χ0v) is 16.1. The van der Waals surface area contributed by atoms with E-state index in [0.717, 1.165) is 16.1 Å². The van der Waals surface area contributed by atoms with Gasteiger partial charge < -0.3 is 9.88 Å². The van der Waals surface area contributed by atoms with Crippen molar-refractivity contribution in [3.8, 4) is 0 Å². The number of benzene rings is 1. The van der Waals surface area contributed by atoms with Gasteiger partial charge >= 0.3 is 4.87 Å². The van der Waals surface area contributed by atoms with Crippen LogP contribution in [0.2, 0.25) is 5.02 Å². The van der Waals surface area contributed by atoms with Crippen LogP contribution >= 0.6 is 22.9 Å². The number of aromatic nitrogens is 1. The van der Waals surface area contributed by atoms with Crippen molar-refractivity contribution in [2.45, 2.75) is 46.1 Å². The van der Waals surface area contributed by atoms with Crippen LogP contribution in [0.1, 0.15) is 36.4 Å². The Morgan fingerprint density at radius 2 is 2.04 bits per heavy atom. The molecule has 1 aromatic carbocycles. The molecule has 0 atom stereocenters. The summed E-state index contributed by atoms with van der Waals surface area (Å²) >= 11 is 7.27. The highest BCUT2D eigenvalue weighted by molar-refractivity contribution is 7.09. The molecule has 0 aliphatic carbocycles. The summed E-state index contributed by atoms with van der Waals surface area (Å²) in [6.45, 7) is 8.89. The van der Waals surface area contributed by atoms with E-state index in [9.17, 15) is 9.59 Å². The second kappa shape index (κ2) is 7.53. The average Bonchev–Trinajstić information content (AvgIpc) is 2.76. The van der Waals surface area contributed by atoms with Crippen molar-refractivity contribution in [3.05, 3.63) is 55.1 Å². The summed E-state index contributed by atoms with van der Waals surface area (Å²) in [6, 6.07) is 7.68. The standard InChI is InChI=1S/C18H23ClN2O2S/c1-12-13(2)24-17(23)21(12)9-8-16(22)20-11-18(3,4)14-6-5-7-15(19)10-14/h5-7,10H,8-9,11H2,1-4H3,(H,20,22). The van der Waals surface area contributed by atoms with Crippen LogP contribution in [0.3, 0.4) is 0 Å². The fourth-order valence-corrected chi connectivity index (χ4v) is 3.53. The van der Waals surface area contributed by atoms with Crippen molar-refractivity contribution in [1.29, 1.82) is 0 Å². The van der Waals surface area contributed by atoms with E-state index in [4.69, 9.17) is 11.6 Å². The normalized spacial score (nSPS) is 11.5. The molecule has 0 unspecified atom stereocenters. The number of carbonyl (C=O) groups is 1. The topological polar surface area (TPSA) is 51.1 Å². The van der Waals surface area contributed by atoms with Gasteiger partial charge in [-0.25, -0.2) is 0 Å². The molecule has 0 saturated heterocycles. The van der Waals surface area contributed by atoms with Crippen molar-refractivity contribution in [1.82, 2.24) is 9.88 Å². The minimum absolute atomic E-state index is 0.00272. The molecule has 2 aromatic rings. The minimum Gasteiger partial charge on any atom is -0.355 e. The molecule has 0 bridgehead atoms. The number of nitrogens with zero attached hydrogens (tertiary/aromatic N) is 1. The van der Waals surface area contributed by atoms with Crippen molar-refractivity contribution < 1.29 is 4.79 Å². The number of thiazole rings is 1. The largest absolute Gasteiger partial charge is 0.355 e. The molecular formula is C18H23ClN2O2S. The first-order chi connectivity index (χ1) is 11.2. The Labute approximate surface area is 151 Å². The van der Waals surface area contributed by atoms with Gasteiger partial charge in [0.25, 0.3) is 0 Å². The van der Waals surface area contributed by atoms with Gasteiger partial charge in [-0.15, -0.1) is 0 Å². The van der Waals surface area contributed by atoms with Crippen molar-refractivity contribution in [2.24, 2.45) is 0 Å². The van der Waals surface area contributed by atoms with E-state index >= 15 is 0 Å². The molecule has 0 aliphatic rings. The first-order valence-electron chi connectivity index (χ1n) is 7.90. The summed E-state index contributed by atoms with van der Waals surface area (Å²) < 4.78 is 1.67. The molecule has 130 valence electrons. The van der Waals surface area contributed by atoms with Gasteiger partial charge in [-0.2, -0.15) is 0 Å². The molecule has 1 heterocycles. The van der Waals surface area contributed by atoms with Crippen molar-refractivity contribution in [3.63, 3.8) is 0 Å². The van der Waals surface area contributed by atoms with Crippen LogP contribution in [-0.4, -0.2) is 17.0 Å². The lowest BCUT2D eigenvalue weighted by molar-refractivity contribution is -0.121. The van der Waals surface area contributed by atoms with E-state index in [2.05, 4.69) is 19.2 Å². The van der Waals surface area contributed by atoms with Gasteiger partial charge in [-0.05, 0) is 31.5 Å². The summed E-state index contributed by atoms with van der Waals surface area (Å²) in [4.78, 5) is 25.0. The van der Waals surface area contributed by atoms with E-state index in [1.54, 1.807) is 4.57 Å². The van der Waals surface area contributed by atoms with Gasteiger partial charge in [0.1, 0.15) is 0 Å². The number of hydrogen-bond acceptors (Lipinski definition) is 3. The second-order valence-electron chi connectivity index (χ2n) is 6.58. The Morgan fingerprint density at radius 3 is 2.62 bits per heavy atom. The fourth-order valence-electron chi connectivity index (χ4n) is 2.48. The van der Waals surface area contributed by atoms with E-state index < -0.39 is 0 Å². The second-order valence-corrected chi connectivity index (χ2v) is 8.18. The maximum Gasteiger partial charge on any atom is 0.307 e. The van der Waals surface area contributed by atoms with Crippen LogP contribution in [0.5, 0.6) is 0 Å². The van der Waals surface area contributed by atoms with Crippen molar-refractivity contribution in [2.75, 3.05) is 6.54 Å². The molecule has 1 N–H and O–H groups in total. The van der Waals surface area contributed by atoms with Gasteiger partial charge in [0, 0.05) is 40.5 Å². The number of aryl methyl sites for hydroxylation is 1. The van der Waals surface area contributed by atoms with Crippen LogP contribution in [0.15, 0.2) is 29.1 Å². The zero-order chi connectivity index (χ0) is 17.9. The summed E-state index contributed by atoms with van der Waals surface area (Å²) in [5, 5.41) is 3.65. The molecule has 6 heteroatoms. The van der Waals surface area contributed by atoms with E-state index in [0.29, 0.717) is 24.5 Å². The van der Waals surface area contributed by atoms with Crippen LogP contribution in [0.4, 0.5) is 0 Å². The van der Waals surface area contributed by atoms with Gasteiger partial charge in [0.2, 0.25) is 5.91 Å². The Balaban J connectivity index is 1.92. The third kappa shape index (κ3) is 4.48. The lowest BCUT2D eigenvalue weighted by atomic mass is 9.84. The summed E-state index contributed by atoms with van der Waals surface area (Å²) in [6.07, 6.45) is 0.294. The molecule has 0 fully saturated rings. The van der Waals surface area contributed by atoms with E-state index in [1.165, 1.54) is 11.3 Å². The highest BCUT2D eigenvalue weighted by Gasteiger charge is 2.21. The Kier molecular flexibility index (Phi) is 5.88. The van der Waals surface area contributed by atoms with Crippen LogP contribution < -0.4 is 10.2 Å². The first-order valence-corrected chi connectivity index (χ1v) is 9.10. The Morgan fingerprint density at radius 1 is 1.33 bits per heavy atom. The maximum absolute atomic E-state index is 12.1. The molecule has 1 amide bonds. The molecule has 0 saturated carbocycles. The van der Waals surface area contributed by atoms with Gasteiger partial charge in [-0.3, -0.25) is 9.59 Å². The number of hydrogen-bond donors (Lipinski definition) is 1. The predicted molar refractivity (Wildman–Crippen MR) is 100 cm³/mol. The number of carbonyl (C=O) groups excluding carboxylic acids is 1. The quantitative estimate of drug-likeness (QED) is 0.848. The van der Waals surface area contributed by atoms with E-state index in [1.807, 2.05) is 38.1 Å². The lowest BCUT2D eigenvalue weighted by Crippen LogP contribution is -2.37. The molecule has 4 nitrogen and oxygen atoms in total. The smallest absolute Gasteiger partial charge is 0.307 e. The summed E-state index contributed by atoms with van der Waals surface area (Å²) in [7, 11) is 0. The number of nitrogens with one attached hydrogen (secondary N) is 1. The molecular weight excluding hydrogens is 344 g/mol. The molecule has 0 aliphatic heterocycles. The van der Waals surface area contributed by atoms with Crippen LogP contribution in [0.25, 0.3) is 0 Å². The highest BCUT2D eigenvalue weighted by atomic mass is 35.5. The molecule has 24 heavy (non-hydrogen) atoms. The minimum atomic E-state index is -0.216. The van der Waals surface area contributed by atoms with Crippen LogP contribution in [-0.2, 0) is 16.8 Å². The summed E-state index contributed by atoms with van der Waals surface area (Å²) in [5.41, 5.74) is 1.81. The summed E-state index contributed by atoms with van der Waals surface area (Å²) in [5.74, 6) is -0.0553. The molecule has 1 aromatic heterocycles. The van der Waals surface area contributed by atoms with Gasteiger partial charge in [0.05, 0.1) is 0 Å². The number of amides is 1. The monoisotopic (exact) mass is 366 g/mol. The highest BCUT2D eigenvalue weighted by Crippen LogP contribution is 2.24. The third-order valence-electron chi connectivity index (χ3n) is 4.27. The van der Waals surface area contributed by atoms with Crippen molar-refractivity contribution >= 4 is 28.8 Å². The lowest BCUT2D eigenvalue weighted by Gasteiger charge is -2.26. The SMILES string of the molecule is Cc1sc(=O)n(CCC(=O)NCC(C)(C)c2cccc(Cl)c2)c1C. The zero-order valence-electron chi connectivity index (χ0n) is 14.5. The average molecular weight is 367 g/mol. The first kappa shape index (κ1) is 18.7. The molecule has 2 rings (SSSR count). The predicted octanol–water partition coefficient (Wildman–Crippen LogP) is 3.66. The number of rotatable bonds is 6. The van der Waals surface area contributed by atoms with Crippen LogP contribution in [0, 0.1) is 13.8 Å². The number of halogens is 1. The fraction of sp³-hybridized carbons (Fsp3) is 0.444. The molecule has 0 spiro atoms. The molecule has 0 radical (unpaired) electrons. The Bertz CT molecular complexity index is 793. The Hall–Kier alpha value is -1.59.